The first-order valence-corrected chi connectivity index (χ1v) is 24.9. The number of esters is 1. The summed E-state index contributed by atoms with van der Waals surface area (Å²) >= 11 is 0. The number of sulfonamides is 2. The molecule has 0 radical (unpaired) electrons. The number of rotatable bonds is 15. The van der Waals surface area contributed by atoms with E-state index in [1.54, 1.807) is 103 Å². The third-order valence-corrected chi connectivity index (χ3v) is 13.7. The predicted octanol–water partition coefficient (Wildman–Crippen LogP) is 10.4. The van der Waals surface area contributed by atoms with Crippen LogP contribution in [0.5, 0.6) is 5.75 Å². The third-order valence-electron chi connectivity index (χ3n) is 10.9. The summed E-state index contributed by atoms with van der Waals surface area (Å²) in [6, 6.07) is 40.8. The second-order valence-electron chi connectivity index (χ2n) is 16.7. The average molecular weight is 1000 g/mol. The lowest BCUT2D eigenvalue weighted by molar-refractivity contribution is -0.385. The van der Waals surface area contributed by atoms with Crippen molar-refractivity contribution in [2.24, 2.45) is 0 Å². The number of benzene rings is 7. The van der Waals surface area contributed by atoms with E-state index in [1.807, 2.05) is 47.6 Å². The van der Waals surface area contributed by atoms with Crippen molar-refractivity contribution >= 4 is 60.2 Å². The Kier molecular flexibility index (Phi) is 18.1. The highest BCUT2D eigenvalue weighted by Gasteiger charge is 2.20. The van der Waals surface area contributed by atoms with Gasteiger partial charge in [-0.05, 0) is 135 Å². The number of carbonyl (C=O) groups excluding carboxylic acids is 2. The molecule has 0 aliphatic heterocycles. The molecule has 0 spiro atoms. The molecule has 0 saturated carbocycles. The number of ketones is 1. The van der Waals surface area contributed by atoms with Crippen LogP contribution in [0.1, 0.15) is 50.1 Å². The van der Waals surface area contributed by atoms with Crippen LogP contribution < -0.4 is 19.9 Å². The number of aryl methyl sites for hydroxylation is 6. The Hall–Kier alpha value is -8.22. The number of ether oxygens (including phenoxy) is 1. The van der Waals surface area contributed by atoms with Crippen molar-refractivity contribution in [3.8, 4) is 5.75 Å². The molecule has 0 heterocycles. The van der Waals surface area contributed by atoms with E-state index < -0.39 is 35.9 Å². The van der Waals surface area contributed by atoms with Gasteiger partial charge in [0.1, 0.15) is 11.5 Å². The molecule has 0 aliphatic carbocycles. The minimum absolute atomic E-state index is 0.00340. The summed E-state index contributed by atoms with van der Waals surface area (Å²) < 4.78 is 60.6. The summed E-state index contributed by atoms with van der Waals surface area (Å²) in [4.78, 5) is 45.4. The standard InChI is InChI=1S/C24H24N2O5S.C15H18N2O2S.C14H11NO4/c1-16-7-9-23(10-8-16)32(30,31)25-24-12-18(3)17(2)11-20(24)15-22(27)14-19-5-4-6-21(13-19)26(28)29;1-10-4-6-13(7-5-10)20(18,19)17-15-9-12(3)11(2)8-14(15)16;16-14(19-13-7-2-1-3-8-13)10-11-5-4-6-12(9-11)15(17)18/h4-13,25H,14-15H2,1-3H3;4-9,17H,16H2,1-3H3;1-9H,10H2. The summed E-state index contributed by atoms with van der Waals surface area (Å²) in [5.74, 6) is -0.172. The number of nitro groups is 2. The summed E-state index contributed by atoms with van der Waals surface area (Å²) in [6.07, 6.45) is 0.00485. The summed E-state index contributed by atoms with van der Waals surface area (Å²) in [5.41, 5.74) is 14.4. The smallest absolute Gasteiger partial charge is 0.315 e. The van der Waals surface area contributed by atoms with Crippen molar-refractivity contribution < 1.29 is 41.0 Å². The van der Waals surface area contributed by atoms with Crippen LogP contribution >= 0.6 is 0 Å². The highest BCUT2D eigenvalue weighted by molar-refractivity contribution is 7.93. The zero-order valence-corrected chi connectivity index (χ0v) is 41.5. The van der Waals surface area contributed by atoms with Crippen LogP contribution in [-0.4, -0.2) is 38.4 Å². The molecule has 7 aromatic rings. The van der Waals surface area contributed by atoms with Gasteiger partial charge in [-0.25, -0.2) is 16.8 Å². The number of nitro benzene ring substituents is 2. The van der Waals surface area contributed by atoms with E-state index in [0.29, 0.717) is 39.5 Å². The Balaban J connectivity index is 0.000000209. The number of Topliss-reactive ketones (excluding diaryl/α,β-unsaturated/α-hetero) is 1. The number of nitrogen functional groups attached to an aromatic ring is 1. The fourth-order valence-corrected chi connectivity index (χ4v) is 8.94. The molecule has 7 rings (SSSR count). The number of nitrogens with zero attached hydrogens (tertiary/aromatic N) is 2. The predicted molar refractivity (Wildman–Crippen MR) is 275 cm³/mol. The number of non-ortho nitro benzene ring substituents is 2. The van der Waals surface area contributed by atoms with Crippen molar-refractivity contribution in [2.45, 2.75) is 70.6 Å². The zero-order valence-electron chi connectivity index (χ0n) is 39.8. The van der Waals surface area contributed by atoms with Crippen LogP contribution in [0.25, 0.3) is 0 Å². The fraction of sp³-hybridized carbons (Fsp3) is 0.170. The summed E-state index contributed by atoms with van der Waals surface area (Å²) in [6.45, 7) is 11.4. The monoisotopic (exact) mass is 999 g/mol. The minimum Gasteiger partial charge on any atom is -0.426 e. The molecule has 7 aromatic carbocycles. The Morgan fingerprint density at radius 3 is 1.45 bits per heavy atom. The quantitative estimate of drug-likeness (QED) is 0.0285. The lowest BCUT2D eigenvalue weighted by Gasteiger charge is -2.15. The van der Waals surface area contributed by atoms with E-state index in [2.05, 4.69) is 9.44 Å². The number of anilines is 3. The number of hydrogen-bond acceptors (Lipinski definition) is 12. The van der Waals surface area contributed by atoms with Gasteiger partial charge in [-0.2, -0.15) is 0 Å². The van der Waals surface area contributed by atoms with Crippen molar-refractivity contribution in [3.63, 3.8) is 0 Å². The van der Waals surface area contributed by atoms with E-state index in [0.717, 1.165) is 33.4 Å². The van der Waals surface area contributed by atoms with Gasteiger partial charge in [0.25, 0.3) is 31.4 Å². The first-order valence-electron chi connectivity index (χ1n) is 21.9. The molecule has 16 nitrogen and oxygen atoms in total. The third kappa shape index (κ3) is 15.9. The van der Waals surface area contributed by atoms with Crippen LogP contribution in [-0.2, 0) is 48.9 Å². The Morgan fingerprint density at radius 1 is 0.521 bits per heavy atom. The van der Waals surface area contributed by atoms with Crippen molar-refractivity contribution in [2.75, 3.05) is 15.2 Å². The highest BCUT2D eigenvalue weighted by Crippen LogP contribution is 2.28. The molecule has 0 aliphatic rings. The van der Waals surface area contributed by atoms with Crippen LogP contribution in [0, 0.1) is 61.8 Å². The summed E-state index contributed by atoms with van der Waals surface area (Å²) in [5, 5.41) is 21.6. The molecule has 4 N–H and O–H groups in total. The lowest BCUT2D eigenvalue weighted by Crippen LogP contribution is -2.16. The topological polar surface area (TPSA) is 248 Å². The first kappa shape index (κ1) is 53.7. The Bertz CT molecular complexity index is 3290. The minimum atomic E-state index is -3.83. The second kappa shape index (κ2) is 23.9. The zero-order chi connectivity index (χ0) is 52.0. The number of nitrogens with one attached hydrogen (secondary N) is 2. The molecule has 18 heteroatoms. The van der Waals surface area contributed by atoms with Gasteiger partial charge in [-0.1, -0.05) is 83.9 Å². The van der Waals surface area contributed by atoms with Crippen molar-refractivity contribution in [3.05, 3.63) is 222 Å². The molecule has 71 heavy (non-hydrogen) atoms. The number of hydrogen-bond donors (Lipinski definition) is 3. The SMILES string of the molecule is Cc1ccc(S(=O)(=O)Nc2cc(C)c(C)cc2CC(=O)Cc2cccc([N+](=O)[O-])c2)cc1.Cc1ccc(S(=O)(=O)Nc2cc(C)c(C)cc2N)cc1.O=C(Cc1cccc([N+](=O)[O-])c1)Oc1ccccc1. The van der Waals surface area contributed by atoms with Crippen LogP contribution in [0.3, 0.4) is 0 Å². The van der Waals surface area contributed by atoms with Crippen LogP contribution in [0.15, 0.2) is 161 Å². The van der Waals surface area contributed by atoms with E-state index in [9.17, 15) is 46.7 Å². The van der Waals surface area contributed by atoms with Gasteiger partial charge < -0.3 is 10.5 Å². The number of nitrogens with two attached hydrogens (primary N) is 1. The normalized spacial score (nSPS) is 10.9. The second-order valence-corrected chi connectivity index (χ2v) is 20.0. The average Bonchev–Trinajstić information content (AvgIpc) is 3.31. The maximum absolute atomic E-state index is 12.9. The molecule has 0 fully saturated rings. The number of para-hydroxylation sites is 1. The van der Waals surface area contributed by atoms with E-state index in [-0.39, 0.29) is 46.2 Å². The molecular formula is C53H53N5O11S2. The van der Waals surface area contributed by atoms with E-state index in [1.165, 1.54) is 42.5 Å². The van der Waals surface area contributed by atoms with Crippen LogP contribution in [0.2, 0.25) is 0 Å². The maximum Gasteiger partial charge on any atom is 0.315 e. The molecule has 0 aromatic heterocycles. The molecule has 0 amide bonds. The highest BCUT2D eigenvalue weighted by atomic mass is 32.2. The Morgan fingerprint density at radius 2 is 0.958 bits per heavy atom. The fourth-order valence-electron chi connectivity index (χ4n) is 6.77. The van der Waals surface area contributed by atoms with Gasteiger partial charge in [0.15, 0.2) is 0 Å². The van der Waals surface area contributed by atoms with E-state index in [4.69, 9.17) is 10.5 Å². The van der Waals surface area contributed by atoms with Gasteiger partial charge in [0.2, 0.25) is 0 Å². The van der Waals surface area contributed by atoms with E-state index >= 15 is 0 Å². The molecule has 0 unspecified atom stereocenters. The molecule has 0 saturated heterocycles. The molecule has 0 atom stereocenters. The molecule has 368 valence electrons. The molecular weight excluding hydrogens is 947 g/mol. The molecule has 0 bridgehead atoms. The van der Waals surface area contributed by atoms with Gasteiger partial charge in [-0.15, -0.1) is 0 Å². The number of carbonyl (C=O) groups is 2. The van der Waals surface area contributed by atoms with Gasteiger partial charge in [0.05, 0.1) is 43.1 Å². The van der Waals surface area contributed by atoms with Crippen molar-refractivity contribution in [1.29, 1.82) is 0 Å². The Labute approximate surface area is 413 Å². The van der Waals surface area contributed by atoms with Gasteiger partial charge in [0, 0.05) is 37.1 Å². The van der Waals surface area contributed by atoms with Gasteiger partial charge in [-0.3, -0.25) is 39.3 Å². The van der Waals surface area contributed by atoms with Gasteiger partial charge >= 0.3 is 5.97 Å². The summed E-state index contributed by atoms with van der Waals surface area (Å²) in [7, 11) is -7.44. The first-order chi connectivity index (χ1) is 33.5. The maximum atomic E-state index is 12.9. The largest absolute Gasteiger partial charge is 0.426 e. The van der Waals surface area contributed by atoms with Crippen LogP contribution in [0.4, 0.5) is 28.4 Å². The van der Waals surface area contributed by atoms with Crippen molar-refractivity contribution in [1.82, 2.24) is 0 Å². The lowest BCUT2D eigenvalue weighted by atomic mass is 9.98.